The number of carbonyl (C=O) groups is 1. The van der Waals surface area contributed by atoms with Gasteiger partial charge in [-0.05, 0) is 36.8 Å². The summed E-state index contributed by atoms with van der Waals surface area (Å²) in [6.45, 7) is 1.75. The van der Waals surface area contributed by atoms with Gasteiger partial charge in [0.25, 0.3) is 0 Å². The zero-order valence-electron chi connectivity index (χ0n) is 13.9. The summed E-state index contributed by atoms with van der Waals surface area (Å²) in [7, 11) is -3.97. The average molecular weight is 390 g/mol. The summed E-state index contributed by atoms with van der Waals surface area (Å²) in [4.78, 5) is 16.5. The smallest absolute Gasteiger partial charge is 0.238 e. The zero-order chi connectivity index (χ0) is 18.9. The summed E-state index contributed by atoms with van der Waals surface area (Å²) in [6.07, 6.45) is 1.58. The summed E-state index contributed by atoms with van der Waals surface area (Å²) in [5.74, 6) is -0.320. The van der Waals surface area contributed by atoms with Gasteiger partial charge in [0.05, 0.1) is 11.3 Å². The standard InChI is InChI=1S/C18H16ClN3O3S/c1-11-15-9-13(10-17(26(20,24)25)14(15)6-7-21-11)22-18(23)8-12-4-2-3-5-16(12)19/h2-7,9-10H,8H2,1H3,(H,22,23)(H2,20,24,25). The lowest BCUT2D eigenvalue weighted by Gasteiger charge is -2.12. The number of fused-ring (bicyclic) bond motifs is 1. The van der Waals surface area contributed by atoms with Crippen molar-refractivity contribution in [3.8, 4) is 0 Å². The van der Waals surface area contributed by atoms with Gasteiger partial charge < -0.3 is 5.32 Å². The molecule has 1 heterocycles. The fourth-order valence-electron chi connectivity index (χ4n) is 2.72. The summed E-state index contributed by atoms with van der Waals surface area (Å²) < 4.78 is 23.9. The number of hydrogen-bond donors (Lipinski definition) is 2. The number of primary sulfonamides is 1. The van der Waals surface area contributed by atoms with E-state index in [0.717, 1.165) is 0 Å². The fraction of sp³-hybridized carbons (Fsp3) is 0.111. The van der Waals surface area contributed by atoms with E-state index in [4.69, 9.17) is 16.7 Å². The number of aromatic nitrogens is 1. The first-order valence-electron chi connectivity index (χ1n) is 7.71. The van der Waals surface area contributed by atoms with Crippen LogP contribution in [0.2, 0.25) is 5.02 Å². The number of nitrogens with zero attached hydrogens (tertiary/aromatic N) is 1. The van der Waals surface area contributed by atoms with Crippen molar-refractivity contribution >= 4 is 44.0 Å². The number of hydrogen-bond acceptors (Lipinski definition) is 4. The third-order valence-corrected chi connectivity index (χ3v) is 5.26. The Kier molecular flexibility index (Phi) is 4.95. The molecule has 0 radical (unpaired) electrons. The summed E-state index contributed by atoms with van der Waals surface area (Å²) in [5.41, 5.74) is 1.64. The SMILES string of the molecule is Cc1nccc2c(S(N)(=O)=O)cc(NC(=O)Cc3ccccc3Cl)cc12. The normalized spacial score (nSPS) is 11.5. The summed E-state index contributed by atoms with van der Waals surface area (Å²) in [5, 5.41) is 9.60. The molecule has 3 aromatic rings. The van der Waals surface area contributed by atoms with Gasteiger partial charge in [-0.3, -0.25) is 9.78 Å². The number of anilines is 1. The van der Waals surface area contributed by atoms with Crippen LogP contribution in [0.5, 0.6) is 0 Å². The number of carbonyl (C=O) groups excluding carboxylic acids is 1. The highest BCUT2D eigenvalue weighted by Crippen LogP contribution is 2.28. The maximum absolute atomic E-state index is 12.3. The molecule has 3 N–H and O–H groups in total. The number of nitrogens with two attached hydrogens (primary N) is 1. The van der Waals surface area contributed by atoms with Crippen LogP contribution in [-0.2, 0) is 21.2 Å². The molecular weight excluding hydrogens is 374 g/mol. The van der Waals surface area contributed by atoms with Crippen molar-refractivity contribution in [1.82, 2.24) is 4.98 Å². The van der Waals surface area contributed by atoms with Crippen LogP contribution in [0.1, 0.15) is 11.3 Å². The van der Waals surface area contributed by atoms with E-state index in [1.807, 2.05) is 0 Å². The first-order chi connectivity index (χ1) is 12.3. The van der Waals surface area contributed by atoms with E-state index in [9.17, 15) is 13.2 Å². The molecule has 0 unspecified atom stereocenters. The van der Waals surface area contributed by atoms with E-state index >= 15 is 0 Å². The summed E-state index contributed by atoms with van der Waals surface area (Å²) in [6, 6.07) is 11.6. The average Bonchev–Trinajstić information content (AvgIpc) is 2.56. The second-order valence-electron chi connectivity index (χ2n) is 5.83. The van der Waals surface area contributed by atoms with E-state index in [1.54, 1.807) is 43.3 Å². The molecule has 0 fully saturated rings. The van der Waals surface area contributed by atoms with E-state index < -0.39 is 10.0 Å². The number of aryl methyl sites for hydroxylation is 1. The second-order valence-corrected chi connectivity index (χ2v) is 7.76. The first-order valence-corrected chi connectivity index (χ1v) is 9.63. The Morgan fingerprint density at radius 1 is 1.19 bits per heavy atom. The number of halogens is 1. The Balaban J connectivity index is 1.99. The van der Waals surface area contributed by atoms with Crippen molar-refractivity contribution in [2.24, 2.45) is 5.14 Å². The molecule has 1 amide bonds. The van der Waals surface area contributed by atoms with Gasteiger partial charge in [-0.15, -0.1) is 0 Å². The summed E-state index contributed by atoms with van der Waals surface area (Å²) >= 11 is 6.07. The molecule has 0 aliphatic carbocycles. The predicted molar refractivity (Wildman–Crippen MR) is 102 cm³/mol. The molecular formula is C18H16ClN3O3S. The highest BCUT2D eigenvalue weighted by molar-refractivity contribution is 7.89. The number of rotatable bonds is 4. The number of sulfonamides is 1. The van der Waals surface area contributed by atoms with Gasteiger partial charge in [-0.1, -0.05) is 29.8 Å². The quantitative estimate of drug-likeness (QED) is 0.715. The molecule has 6 nitrogen and oxygen atoms in total. The van der Waals surface area contributed by atoms with Crippen LogP contribution in [0, 0.1) is 6.92 Å². The fourth-order valence-corrected chi connectivity index (χ4v) is 3.70. The molecule has 0 spiro atoms. The molecule has 1 aromatic heterocycles. The monoisotopic (exact) mass is 389 g/mol. The number of pyridine rings is 1. The molecule has 3 rings (SSSR count). The van der Waals surface area contributed by atoms with Crippen LogP contribution in [0.4, 0.5) is 5.69 Å². The van der Waals surface area contributed by atoms with Gasteiger partial charge >= 0.3 is 0 Å². The Morgan fingerprint density at radius 2 is 1.92 bits per heavy atom. The van der Waals surface area contributed by atoms with Gasteiger partial charge in [0.2, 0.25) is 15.9 Å². The van der Waals surface area contributed by atoms with Gasteiger partial charge in [-0.25, -0.2) is 13.6 Å². The van der Waals surface area contributed by atoms with Gasteiger partial charge in [-0.2, -0.15) is 0 Å². The third kappa shape index (κ3) is 3.85. The Bertz CT molecular complexity index is 1110. The van der Waals surface area contributed by atoms with Gasteiger partial charge in [0.15, 0.2) is 0 Å². The van der Waals surface area contributed by atoms with E-state index in [-0.39, 0.29) is 17.2 Å². The Labute approximate surface area is 156 Å². The van der Waals surface area contributed by atoms with Crippen LogP contribution >= 0.6 is 11.6 Å². The number of nitrogens with one attached hydrogen (secondary N) is 1. The van der Waals surface area contributed by atoms with Crippen LogP contribution in [0.25, 0.3) is 10.8 Å². The van der Waals surface area contributed by atoms with Crippen LogP contribution < -0.4 is 10.5 Å². The van der Waals surface area contributed by atoms with Crippen LogP contribution in [0.3, 0.4) is 0 Å². The van der Waals surface area contributed by atoms with E-state index in [1.165, 1.54) is 12.3 Å². The van der Waals surface area contributed by atoms with Crippen molar-refractivity contribution in [3.05, 3.63) is 64.9 Å². The zero-order valence-corrected chi connectivity index (χ0v) is 15.4. The molecule has 0 saturated heterocycles. The molecule has 26 heavy (non-hydrogen) atoms. The maximum Gasteiger partial charge on any atom is 0.238 e. The third-order valence-electron chi connectivity index (χ3n) is 3.94. The molecule has 134 valence electrons. The lowest BCUT2D eigenvalue weighted by atomic mass is 10.1. The lowest BCUT2D eigenvalue weighted by Crippen LogP contribution is -2.17. The molecule has 0 aliphatic rings. The maximum atomic E-state index is 12.3. The highest BCUT2D eigenvalue weighted by Gasteiger charge is 2.17. The molecule has 0 saturated carbocycles. The highest BCUT2D eigenvalue weighted by atomic mass is 35.5. The molecule has 0 bridgehead atoms. The molecule has 8 heteroatoms. The number of benzene rings is 2. The minimum absolute atomic E-state index is 0.0615. The molecule has 0 atom stereocenters. The van der Waals surface area contributed by atoms with Gasteiger partial charge in [0, 0.05) is 33.4 Å². The Morgan fingerprint density at radius 3 is 2.62 bits per heavy atom. The van der Waals surface area contributed by atoms with E-state index in [2.05, 4.69) is 10.3 Å². The second kappa shape index (κ2) is 7.03. The van der Waals surface area contributed by atoms with Crippen molar-refractivity contribution in [3.63, 3.8) is 0 Å². The van der Waals surface area contributed by atoms with Crippen molar-refractivity contribution in [2.75, 3.05) is 5.32 Å². The van der Waals surface area contributed by atoms with Crippen molar-refractivity contribution in [2.45, 2.75) is 18.2 Å². The van der Waals surface area contributed by atoms with Crippen molar-refractivity contribution < 1.29 is 13.2 Å². The Hall–Kier alpha value is -2.48. The minimum Gasteiger partial charge on any atom is -0.326 e. The van der Waals surface area contributed by atoms with E-state index in [0.29, 0.717) is 32.7 Å². The van der Waals surface area contributed by atoms with Crippen LogP contribution in [-0.4, -0.2) is 19.3 Å². The van der Waals surface area contributed by atoms with Crippen LogP contribution in [0.15, 0.2) is 53.6 Å². The number of amides is 1. The largest absolute Gasteiger partial charge is 0.326 e. The van der Waals surface area contributed by atoms with Crippen molar-refractivity contribution in [1.29, 1.82) is 0 Å². The first kappa shape index (κ1) is 18.3. The predicted octanol–water partition coefficient (Wildman–Crippen LogP) is 3.03. The van der Waals surface area contributed by atoms with Gasteiger partial charge in [0.1, 0.15) is 0 Å². The lowest BCUT2D eigenvalue weighted by molar-refractivity contribution is -0.115. The molecule has 0 aliphatic heterocycles. The molecule has 2 aromatic carbocycles. The topological polar surface area (TPSA) is 102 Å². The minimum atomic E-state index is -3.97.